The molecule has 0 bridgehead atoms. The zero-order valence-corrected chi connectivity index (χ0v) is 11.1. The van der Waals surface area contributed by atoms with Crippen molar-refractivity contribution in [3.8, 4) is 11.3 Å². The molecule has 4 nitrogen and oxygen atoms in total. The van der Waals surface area contributed by atoms with Crippen molar-refractivity contribution < 1.29 is 0 Å². The summed E-state index contributed by atoms with van der Waals surface area (Å²) in [6, 6.07) is 9.59. The first-order valence-electron chi connectivity index (χ1n) is 5.36. The van der Waals surface area contributed by atoms with Gasteiger partial charge in [0.1, 0.15) is 0 Å². The monoisotopic (exact) mass is 276 g/mol. The molecule has 3 aromatic rings. The Morgan fingerprint density at radius 2 is 2.11 bits per heavy atom. The summed E-state index contributed by atoms with van der Waals surface area (Å²) in [6.45, 7) is 1.92. The van der Waals surface area contributed by atoms with Crippen molar-refractivity contribution in [2.24, 2.45) is 0 Å². The Morgan fingerprint density at radius 3 is 2.89 bits per heavy atom. The molecule has 0 aliphatic rings. The number of hydrogen-bond acceptors (Lipinski definition) is 3. The normalized spacial score (nSPS) is 11.0. The van der Waals surface area contributed by atoms with E-state index in [-0.39, 0.29) is 0 Å². The maximum Gasteiger partial charge on any atom is 0.252 e. The van der Waals surface area contributed by atoms with Crippen molar-refractivity contribution in [1.29, 1.82) is 0 Å². The van der Waals surface area contributed by atoms with E-state index in [1.165, 1.54) is 0 Å². The van der Waals surface area contributed by atoms with Crippen LogP contribution in [0.5, 0.6) is 0 Å². The molecule has 18 heavy (non-hydrogen) atoms. The minimum Gasteiger partial charge on any atom is -0.265 e. The van der Waals surface area contributed by atoms with Crippen molar-refractivity contribution >= 4 is 29.6 Å². The summed E-state index contributed by atoms with van der Waals surface area (Å²) in [5.74, 6) is 0.565. The summed E-state index contributed by atoms with van der Waals surface area (Å²) < 4.78 is 2.18. The molecule has 0 aliphatic heterocycles. The van der Waals surface area contributed by atoms with E-state index in [0.717, 1.165) is 17.0 Å². The van der Waals surface area contributed by atoms with Gasteiger partial charge in [-0.2, -0.15) is 4.98 Å². The van der Waals surface area contributed by atoms with E-state index in [1.54, 1.807) is 4.52 Å². The van der Waals surface area contributed by atoms with E-state index in [1.807, 2.05) is 37.3 Å². The average molecular weight is 277 g/mol. The second-order valence-electron chi connectivity index (χ2n) is 3.96. The third-order valence-electron chi connectivity index (χ3n) is 2.59. The molecule has 0 aliphatic carbocycles. The van der Waals surface area contributed by atoms with Crippen molar-refractivity contribution in [3.05, 3.63) is 45.8 Å². The van der Waals surface area contributed by atoms with E-state index in [9.17, 15) is 0 Å². The predicted octanol–water partition coefficient (Wildman–Crippen LogP) is 3.42. The van der Waals surface area contributed by atoms with Gasteiger partial charge < -0.3 is 0 Å². The van der Waals surface area contributed by atoms with Crippen molar-refractivity contribution in [1.82, 2.24) is 19.6 Å². The maximum absolute atomic E-state index is 6.02. The minimum absolute atomic E-state index is 0.413. The molecular formula is C12H9ClN4S. The summed E-state index contributed by atoms with van der Waals surface area (Å²) in [5, 5.41) is 3.68. The molecule has 0 spiro atoms. The second kappa shape index (κ2) is 4.19. The predicted molar refractivity (Wildman–Crippen MR) is 73.4 cm³/mol. The van der Waals surface area contributed by atoms with Crippen LogP contribution in [-0.4, -0.2) is 19.6 Å². The summed E-state index contributed by atoms with van der Waals surface area (Å²) in [6.07, 6.45) is 0. The maximum atomic E-state index is 6.02. The fraction of sp³-hybridized carbons (Fsp3) is 0.0833. The lowest BCUT2D eigenvalue weighted by Crippen LogP contribution is -1.98. The Hall–Kier alpha value is -1.72. The zero-order chi connectivity index (χ0) is 12.7. The van der Waals surface area contributed by atoms with Crippen LogP contribution < -0.4 is 0 Å². The van der Waals surface area contributed by atoms with Gasteiger partial charge in [-0.05, 0) is 37.3 Å². The second-order valence-corrected chi connectivity index (χ2v) is 4.78. The van der Waals surface area contributed by atoms with Crippen LogP contribution in [0.3, 0.4) is 0 Å². The highest BCUT2D eigenvalue weighted by atomic mass is 35.5. The van der Waals surface area contributed by atoms with Gasteiger partial charge in [-0.25, -0.2) is 9.50 Å². The van der Waals surface area contributed by atoms with Crippen molar-refractivity contribution in [2.75, 3.05) is 0 Å². The van der Waals surface area contributed by atoms with Crippen LogP contribution in [0.15, 0.2) is 30.3 Å². The smallest absolute Gasteiger partial charge is 0.252 e. The molecule has 2 heterocycles. The molecule has 0 radical (unpaired) electrons. The van der Waals surface area contributed by atoms with Crippen LogP contribution in [0.2, 0.25) is 5.02 Å². The Kier molecular flexibility index (Phi) is 2.65. The van der Waals surface area contributed by atoms with Gasteiger partial charge in [0.2, 0.25) is 4.77 Å². The van der Waals surface area contributed by atoms with Crippen LogP contribution in [0.4, 0.5) is 0 Å². The Balaban J connectivity index is 2.37. The van der Waals surface area contributed by atoms with Gasteiger partial charge >= 0.3 is 0 Å². The molecule has 2 aromatic heterocycles. The average Bonchev–Trinajstić information content (AvgIpc) is 2.68. The van der Waals surface area contributed by atoms with Gasteiger partial charge in [-0.15, -0.1) is 0 Å². The van der Waals surface area contributed by atoms with E-state index in [0.29, 0.717) is 15.6 Å². The Labute approximate surface area is 113 Å². The molecule has 0 unspecified atom stereocenters. The number of nitrogens with zero attached hydrogens (tertiary/aromatic N) is 3. The molecule has 3 rings (SSSR count). The molecule has 0 fully saturated rings. The van der Waals surface area contributed by atoms with E-state index < -0.39 is 0 Å². The lowest BCUT2D eigenvalue weighted by Gasteiger charge is -2.06. The summed E-state index contributed by atoms with van der Waals surface area (Å²) >= 11 is 11.1. The fourth-order valence-electron chi connectivity index (χ4n) is 1.87. The number of halogens is 1. The lowest BCUT2D eigenvalue weighted by molar-refractivity contribution is 0.932. The largest absolute Gasteiger partial charge is 0.265 e. The molecular weight excluding hydrogens is 268 g/mol. The quantitative estimate of drug-likeness (QED) is 0.693. The zero-order valence-electron chi connectivity index (χ0n) is 9.51. The first-order chi connectivity index (χ1) is 8.63. The number of aryl methyl sites for hydroxylation is 1. The highest BCUT2D eigenvalue weighted by molar-refractivity contribution is 7.71. The number of benzene rings is 1. The first kappa shape index (κ1) is 11.4. The van der Waals surface area contributed by atoms with Gasteiger partial charge in [-0.3, -0.25) is 5.10 Å². The fourth-order valence-corrected chi connectivity index (χ4v) is 2.23. The van der Waals surface area contributed by atoms with Crippen LogP contribution in [0.25, 0.3) is 17.0 Å². The van der Waals surface area contributed by atoms with E-state index in [2.05, 4.69) is 15.1 Å². The first-order valence-corrected chi connectivity index (χ1v) is 6.14. The highest BCUT2D eigenvalue weighted by Crippen LogP contribution is 2.23. The molecule has 1 N–H and O–H groups in total. The van der Waals surface area contributed by atoms with E-state index >= 15 is 0 Å². The van der Waals surface area contributed by atoms with Crippen LogP contribution >= 0.6 is 23.8 Å². The number of H-pyrrole nitrogens is 1. The van der Waals surface area contributed by atoms with Crippen molar-refractivity contribution in [3.63, 3.8) is 0 Å². The Morgan fingerprint density at radius 1 is 1.28 bits per heavy atom. The van der Waals surface area contributed by atoms with Gasteiger partial charge in [0.15, 0.2) is 0 Å². The summed E-state index contributed by atoms with van der Waals surface area (Å²) in [7, 11) is 0. The SMILES string of the molecule is Cc1cc(-c2cccc(Cl)c2)n2[nH]c(=S)nc2n1. The van der Waals surface area contributed by atoms with Crippen LogP contribution in [-0.2, 0) is 0 Å². The third kappa shape index (κ3) is 1.91. The van der Waals surface area contributed by atoms with Crippen LogP contribution in [0, 0.1) is 11.7 Å². The van der Waals surface area contributed by atoms with Gasteiger partial charge in [0.25, 0.3) is 5.78 Å². The minimum atomic E-state index is 0.413. The number of aromatic nitrogens is 4. The number of aromatic amines is 1. The van der Waals surface area contributed by atoms with Gasteiger partial charge in [0, 0.05) is 16.3 Å². The summed E-state index contributed by atoms with van der Waals surface area (Å²) in [4.78, 5) is 8.49. The van der Waals surface area contributed by atoms with Gasteiger partial charge in [0.05, 0.1) is 5.69 Å². The molecule has 0 amide bonds. The van der Waals surface area contributed by atoms with Crippen LogP contribution in [0.1, 0.15) is 5.69 Å². The standard InChI is InChI=1S/C12H9ClN4S/c1-7-5-10(8-3-2-4-9(13)6-8)17-11(14-7)15-12(18)16-17/h2-6H,1H3,(H,16,18). The van der Waals surface area contributed by atoms with Gasteiger partial charge in [-0.1, -0.05) is 23.7 Å². The molecule has 6 heteroatoms. The molecule has 0 atom stereocenters. The number of rotatable bonds is 1. The van der Waals surface area contributed by atoms with E-state index in [4.69, 9.17) is 23.8 Å². The Bertz CT molecular complexity index is 790. The van der Waals surface area contributed by atoms with Crippen molar-refractivity contribution in [2.45, 2.75) is 6.92 Å². The third-order valence-corrected chi connectivity index (χ3v) is 3.01. The number of nitrogens with one attached hydrogen (secondary N) is 1. The molecule has 1 aromatic carbocycles. The lowest BCUT2D eigenvalue weighted by atomic mass is 10.1. The number of fused-ring (bicyclic) bond motifs is 1. The molecule has 0 saturated carbocycles. The molecule has 0 saturated heterocycles. The molecule has 90 valence electrons. The topological polar surface area (TPSA) is 46.0 Å². The number of hydrogen-bond donors (Lipinski definition) is 1. The summed E-state index contributed by atoms with van der Waals surface area (Å²) in [5.41, 5.74) is 2.80. The highest BCUT2D eigenvalue weighted by Gasteiger charge is 2.08.